The number of rotatable bonds is 5. The Kier molecular flexibility index (Phi) is 4.49. The standard InChI is InChI=1S/C12H16N4OS2/c1-4-10-15-8(7-18-10)6-16(3)11(17)9-5-14-12(13-2)19-9/h5,7H,4,6H2,1-3H3,(H,13,14). The molecule has 0 bridgehead atoms. The van der Waals surface area contributed by atoms with Crippen molar-refractivity contribution >= 4 is 33.7 Å². The topological polar surface area (TPSA) is 58.1 Å². The highest BCUT2D eigenvalue weighted by atomic mass is 32.1. The zero-order valence-electron chi connectivity index (χ0n) is 11.1. The van der Waals surface area contributed by atoms with Gasteiger partial charge in [-0.1, -0.05) is 18.3 Å². The summed E-state index contributed by atoms with van der Waals surface area (Å²) in [6.07, 6.45) is 2.54. The van der Waals surface area contributed by atoms with E-state index in [0.29, 0.717) is 11.4 Å². The Hall–Kier alpha value is -1.47. The Morgan fingerprint density at radius 3 is 2.89 bits per heavy atom. The van der Waals surface area contributed by atoms with Crippen LogP contribution in [0, 0.1) is 0 Å². The molecule has 0 saturated carbocycles. The first-order valence-corrected chi connectivity index (χ1v) is 7.66. The Morgan fingerprint density at radius 1 is 1.53 bits per heavy atom. The molecule has 0 fully saturated rings. The van der Waals surface area contributed by atoms with Gasteiger partial charge in [0, 0.05) is 19.5 Å². The average Bonchev–Trinajstić information content (AvgIpc) is 3.06. The van der Waals surface area contributed by atoms with Crippen LogP contribution >= 0.6 is 22.7 Å². The maximum absolute atomic E-state index is 12.2. The highest BCUT2D eigenvalue weighted by molar-refractivity contribution is 7.17. The average molecular weight is 296 g/mol. The predicted molar refractivity (Wildman–Crippen MR) is 79.0 cm³/mol. The van der Waals surface area contributed by atoms with E-state index in [1.165, 1.54) is 11.3 Å². The van der Waals surface area contributed by atoms with E-state index in [9.17, 15) is 4.79 Å². The third-order valence-electron chi connectivity index (χ3n) is 2.58. The number of nitrogens with zero attached hydrogens (tertiary/aromatic N) is 3. The van der Waals surface area contributed by atoms with Crippen molar-refractivity contribution in [2.75, 3.05) is 19.4 Å². The summed E-state index contributed by atoms with van der Waals surface area (Å²) in [4.78, 5) is 23.1. The fourth-order valence-corrected chi connectivity index (χ4v) is 3.08. The van der Waals surface area contributed by atoms with Crippen LogP contribution in [0.3, 0.4) is 0 Å². The molecule has 2 rings (SSSR count). The third kappa shape index (κ3) is 3.30. The Morgan fingerprint density at radius 2 is 2.32 bits per heavy atom. The van der Waals surface area contributed by atoms with Gasteiger partial charge in [0.15, 0.2) is 5.13 Å². The van der Waals surface area contributed by atoms with Crippen LogP contribution in [0.5, 0.6) is 0 Å². The van der Waals surface area contributed by atoms with E-state index >= 15 is 0 Å². The molecule has 1 amide bonds. The number of nitrogens with one attached hydrogen (secondary N) is 1. The molecule has 0 aromatic carbocycles. The molecule has 0 aliphatic carbocycles. The van der Waals surface area contributed by atoms with Gasteiger partial charge in [-0.2, -0.15) is 0 Å². The van der Waals surface area contributed by atoms with Gasteiger partial charge in [0.1, 0.15) is 4.88 Å². The zero-order chi connectivity index (χ0) is 13.8. The highest BCUT2D eigenvalue weighted by Gasteiger charge is 2.16. The molecule has 0 saturated heterocycles. The molecule has 5 nitrogen and oxygen atoms in total. The lowest BCUT2D eigenvalue weighted by atomic mass is 10.4. The molecule has 0 radical (unpaired) electrons. The molecule has 19 heavy (non-hydrogen) atoms. The van der Waals surface area contributed by atoms with E-state index in [-0.39, 0.29) is 5.91 Å². The minimum absolute atomic E-state index is 0.0231. The Labute approximate surface area is 120 Å². The van der Waals surface area contributed by atoms with E-state index in [2.05, 4.69) is 22.2 Å². The second-order valence-corrected chi connectivity index (χ2v) is 6.00. The smallest absolute Gasteiger partial charge is 0.265 e. The molecule has 0 unspecified atom stereocenters. The van der Waals surface area contributed by atoms with Gasteiger partial charge < -0.3 is 10.2 Å². The van der Waals surface area contributed by atoms with Gasteiger partial charge in [0.05, 0.1) is 23.4 Å². The maximum Gasteiger partial charge on any atom is 0.265 e. The minimum Gasteiger partial charge on any atom is -0.365 e. The lowest BCUT2D eigenvalue weighted by Gasteiger charge is -2.14. The zero-order valence-corrected chi connectivity index (χ0v) is 12.8. The number of amides is 1. The van der Waals surface area contributed by atoms with Crippen molar-refractivity contribution in [1.29, 1.82) is 0 Å². The van der Waals surface area contributed by atoms with Crippen LogP contribution in [0.2, 0.25) is 0 Å². The molecule has 1 N–H and O–H groups in total. The summed E-state index contributed by atoms with van der Waals surface area (Å²) in [5.41, 5.74) is 0.941. The normalized spacial score (nSPS) is 10.5. The number of thiazole rings is 2. The van der Waals surface area contributed by atoms with Crippen molar-refractivity contribution in [3.05, 3.63) is 27.2 Å². The number of hydrogen-bond donors (Lipinski definition) is 1. The highest BCUT2D eigenvalue weighted by Crippen LogP contribution is 2.20. The van der Waals surface area contributed by atoms with Crippen LogP contribution < -0.4 is 5.32 Å². The predicted octanol–water partition coefficient (Wildman–Crippen LogP) is 2.48. The molecule has 0 atom stereocenters. The summed E-state index contributed by atoms with van der Waals surface area (Å²) in [5, 5.41) is 6.79. The van der Waals surface area contributed by atoms with Gasteiger partial charge in [-0.15, -0.1) is 11.3 Å². The number of anilines is 1. The maximum atomic E-state index is 12.2. The van der Waals surface area contributed by atoms with Crippen molar-refractivity contribution < 1.29 is 4.79 Å². The van der Waals surface area contributed by atoms with Crippen LogP contribution in [0.25, 0.3) is 0 Å². The second kappa shape index (κ2) is 6.12. The fourth-order valence-electron chi connectivity index (χ4n) is 1.58. The van der Waals surface area contributed by atoms with E-state index in [0.717, 1.165) is 22.3 Å². The van der Waals surface area contributed by atoms with Crippen LogP contribution in [-0.4, -0.2) is 34.9 Å². The van der Waals surface area contributed by atoms with Crippen molar-refractivity contribution in [3.8, 4) is 0 Å². The van der Waals surface area contributed by atoms with E-state index in [1.807, 2.05) is 5.38 Å². The summed E-state index contributed by atoms with van der Waals surface area (Å²) >= 11 is 3.00. The van der Waals surface area contributed by atoms with Gasteiger partial charge in [0.25, 0.3) is 5.91 Å². The SMILES string of the molecule is CCc1nc(CN(C)C(=O)c2cnc(NC)s2)cs1. The van der Waals surface area contributed by atoms with Gasteiger partial charge in [-0.3, -0.25) is 4.79 Å². The molecule has 0 spiro atoms. The van der Waals surface area contributed by atoms with Gasteiger partial charge in [-0.25, -0.2) is 9.97 Å². The van der Waals surface area contributed by atoms with Gasteiger partial charge in [-0.05, 0) is 6.42 Å². The first kappa shape index (κ1) is 14.0. The largest absolute Gasteiger partial charge is 0.365 e. The number of aromatic nitrogens is 2. The van der Waals surface area contributed by atoms with Crippen LogP contribution in [0.15, 0.2) is 11.6 Å². The van der Waals surface area contributed by atoms with E-state index in [1.54, 1.807) is 36.5 Å². The lowest BCUT2D eigenvalue weighted by molar-refractivity contribution is 0.0788. The molecular weight excluding hydrogens is 280 g/mol. The Bertz CT molecular complexity index is 564. The number of carbonyl (C=O) groups excluding carboxylic acids is 1. The molecule has 0 aliphatic rings. The summed E-state index contributed by atoms with van der Waals surface area (Å²) in [6.45, 7) is 2.61. The van der Waals surface area contributed by atoms with Crippen molar-refractivity contribution in [2.24, 2.45) is 0 Å². The molecule has 102 valence electrons. The minimum atomic E-state index is -0.0231. The molecular formula is C12H16N4OS2. The van der Waals surface area contributed by atoms with Crippen LogP contribution in [0.4, 0.5) is 5.13 Å². The third-order valence-corrected chi connectivity index (χ3v) is 4.62. The quantitative estimate of drug-likeness (QED) is 0.921. The number of carbonyl (C=O) groups is 1. The summed E-state index contributed by atoms with van der Waals surface area (Å²) < 4.78 is 0. The Balaban J connectivity index is 2.02. The van der Waals surface area contributed by atoms with Crippen molar-refractivity contribution in [2.45, 2.75) is 19.9 Å². The van der Waals surface area contributed by atoms with E-state index in [4.69, 9.17) is 0 Å². The van der Waals surface area contributed by atoms with Crippen molar-refractivity contribution in [3.63, 3.8) is 0 Å². The van der Waals surface area contributed by atoms with Gasteiger partial charge in [0.2, 0.25) is 0 Å². The molecule has 2 aromatic heterocycles. The molecule has 2 aromatic rings. The fraction of sp³-hybridized carbons (Fsp3) is 0.417. The second-order valence-electron chi connectivity index (χ2n) is 4.03. The monoisotopic (exact) mass is 296 g/mol. The molecule has 0 aliphatic heterocycles. The molecule has 2 heterocycles. The first-order valence-electron chi connectivity index (χ1n) is 5.96. The summed E-state index contributed by atoms with van der Waals surface area (Å²) in [6, 6.07) is 0. The summed E-state index contributed by atoms with van der Waals surface area (Å²) in [5.74, 6) is -0.0231. The lowest BCUT2D eigenvalue weighted by Crippen LogP contribution is -2.25. The van der Waals surface area contributed by atoms with Crippen LogP contribution in [0.1, 0.15) is 27.3 Å². The number of aryl methyl sites for hydroxylation is 1. The first-order chi connectivity index (χ1) is 9.13. The van der Waals surface area contributed by atoms with Crippen LogP contribution in [-0.2, 0) is 13.0 Å². The number of hydrogen-bond acceptors (Lipinski definition) is 6. The van der Waals surface area contributed by atoms with E-state index < -0.39 is 0 Å². The van der Waals surface area contributed by atoms with Crippen molar-refractivity contribution in [1.82, 2.24) is 14.9 Å². The van der Waals surface area contributed by atoms with Gasteiger partial charge >= 0.3 is 0 Å². The summed E-state index contributed by atoms with van der Waals surface area (Å²) in [7, 11) is 3.57. The molecule has 7 heteroatoms.